The van der Waals surface area contributed by atoms with E-state index in [1.165, 1.54) is 6.92 Å². The van der Waals surface area contributed by atoms with Gasteiger partial charge < -0.3 is 24.2 Å². The minimum absolute atomic E-state index is 0.0540. The van der Waals surface area contributed by atoms with Crippen molar-refractivity contribution in [1.82, 2.24) is 15.3 Å². The van der Waals surface area contributed by atoms with Gasteiger partial charge in [-0.05, 0) is 18.1 Å². The number of oxime groups is 1. The van der Waals surface area contributed by atoms with Crippen LogP contribution in [0.15, 0.2) is 35.7 Å². The van der Waals surface area contributed by atoms with Crippen LogP contribution in [0.4, 0.5) is 10.3 Å². The van der Waals surface area contributed by atoms with Gasteiger partial charge in [0.05, 0.1) is 25.4 Å². The number of hydrogen-bond acceptors (Lipinski definition) is 8. The molecule has 1 aromatic carbocycles. The van der Waals surface area contributed by atoms with Gasteiger partial charge in [0.1, 0.15) is 18.5 Å². The number of nitrogens with one attached hydrogen (secondary N) is 1. The summed E-state index contributed by atoms with van der Waals surface area (Å²) in [5.74, 6) is 0.113. The van der Waals surface area contributed by atoms with Gasteiger partial charge in [-0.1, -0.05) is 44.1 Å². The number of carbonyl (C=O) groups is 1. The Bertz CT molecular complexity index is 1100. The number of rotatable bonds is 11. The van der Waals surface area contributed by atoms with E-state index in [2.05, 4.69) is 54.3 Å². The van der Waals surface area contributed by atoms with Gasteiger partial charge >= 0.3 is 0 Å². The van der Waals surface area contributed by atoms with E-state index in [0.29, 0.717) is 42.3 Å². The number of carbonyl (C=O) groups excluding carboxylic acids is 1. The average molecular weight is 532 g/mol. The van der Waals surface area contributed by atoms with Crippen LogP contribution in [-0.2, 0) is 25.4 Å². The first-order valence-corrected chi connectivity index (χ1v) is 15.3. The van der Waals surface area contributed by atoms with Crippen LogP contribution in [0, 0.1) is 5.82 Å². The van der Waals surface area contributed by atoms with Crippen molar-refractivity contribution in [2.24, 2.45) is 5.16 Å². The summed E-state index contributed by atoms with van der Waals surface area (Å²) in [6.45, 7) is 14.2. The highest BCUT2D eigenvalue weighted by Gasteiger charge is 2.37. The summed E-state index contributed by atoms with van der Waals surface area (Å²) >= 11 is 0. The molecule has 2 aromatic rings. The van der Waals surface area contributed by atoms with E-state index in [9.17, 15) is 4.79 Å². The molecular formula is C26H38FN5O4Si. The molecule has 1 aromatic heterocycles. The predicted molar refractivity (Wildman–Crippen MR) is 144 cm³/mol. The molecule has 1 unspecified atom stereocenters. The quantitative estimate of drug-likeness (QED) is 0.344. The molecule has 3 rings (SSSR count). The van der Waals surface area contributed by atoms with E-state index < -0.39 is 8.32 Å². The molecule has 9 nitrogen and oxygen atoms in total. The highest BCUT2D eigenvalue weighted by Crippen LogP contribution is 2.37. The molecule has 1 atom stereocenters. The molecule has 2 heterocycles. The Morgan fingerprint density at radius 3 is 2.51 bits per heavy atom. The molecule has 37 heavy (non-hydrogen) atoms. The van der Waals surface area contributed by atoms with Crippen LogP contribution >= 0.6 is 0 Å². The zero-order valence-corrected chi connectivity index (χ0v) is 23.8. The van der Waals surface area contributed by atoms with Gasteiger partial charge in [0.25, 0.3) is 0 Å². The van der Waals surface area contributed by atoms with Crippen LogP contribution in [0.3, 0.4) is 0 Å². The standard InChI is InChI=1S/C26H38FN5O4Si/c1-18(33)28-13-22(34-5)17-35-31-21-14-32(15-21)25-29-11-20(12-30-25)23-10-8-9-19(24(23)27)16-36-37(6,7)26(2,3)4/h8-12,22H,13-17H2,1-7H3,(H,28,33). The highest BCUT2D eigenvalue weighted by atomic mass is 28.4. The fraction of sp³-hybridized carbons (Fsp3) is 0.538. The van der Waals surface area contributed by atoms with Crippen molar-refractivity contribution in [1.29, 1.82) is 0 Å². The van der Waals surface area contributed by atoms with E-state index in [-0.39, 0.29) is 36.1 Å². The first-order valence-electron chi connectivity index (χ1n) is 12.3. The Hall–Kier alpha value is -2.89. The number of methoxy groups -OCH3 is 1. The molecule has 0 aliphatic carbocycles. The van der Waals surface area contributed by atoms with E-state index in [0.717, 1.165) is 5.71 Å². The molecular weight excluding hydrogens is 493 g/mol. The smallest absolute Gasteiger partial charge is 0.225 e. The summed E-state index contributed by atoms with van der Waals surface area (Å²) in [6, 6.07) is 5.33. The molecule has 0 radical (unpaired) electrons. The Kier molecular flexibility index (Phi) is 9.38. The first kappa shape index (κ1) is 28.7. The van der Waals surface area contributed by atoms with Crippen molar-refractivity contribution in [2.45, 2.75) is 58.5 Å². The minimum atomic E-state index is -1.99. The van der Waals surface area contributed by atoms with Crippen LogP contribution in [-0.4, -0.2) is 69.4 Å². The van der Waals surface area contributed by atoms with Gasteiger partial charge in [-0.2, -0.15) is 0 Å². The van der Waals surface area contributed by atoms with Crippen molar-refractivity contribution in [3.8, 4) is 11.1 Å². The summed E-state index contributed by atoms with van der Waals surface area (Å²) in [6.07, 6.45) is 2.99. The normalized spacial score (nSPS) is 14.7. The number of anilines is 1. The fourth-order valence-electron chi connectivity index (χ4n) is 3.29. The molecule has 11 heteroatoms. The summed E-state index contributed by atoms with van der Waals surface area (Å²) in [5.41, 5.74) is 2.44. The summed E-state index contributed by atoms with van der Waals surface area (Å²) < 4.78 is 26.8. The maximum Gasteiger partial charge on any atom is 0.225 e. The monoisotopic (exact) mass is 531 g/mol. The first-order chi connectivity index (χ1) is 17.4. The SMILES string of the molecule is COC(CNC(C)=O)CON=C1CN(c2ncc(-c3cccc(CO[Si](C)(C)C(C)(C)C)c3F)cn2)C1. The van der Waals surface area contributed by atoms with E-state index in [1.54, 1.807) is 31.6 Å². The van der Waals surface area contributed by atoms with Gasteiger partial charge in [-0.15, -0.1) is 0 Å². The number of amides is 1. The van der Waals surface area contributed by atoms with E-state index in [4.69, 9.17) is 14.0 Å². The molecule has 0 bridgehead atoms. The topological polar surface area (TPSA) is 98.2 Å². The molecule has 1 N–H and O–H groups in total. The largest absolute Gasteiger partial charge is 0.412 e. The van der Waals surface area contributed by atoms with Crippen LogP contribution < -0.4 is 10.2 Å². The number of halogens is 1. The lowest BCUT2D eigenvalue weighted by molar-refractivity contribution is -0.119. The van der Waals surface area contributed by atoms with E-state index >= 15 is 4.39 Å². The van der Waals surface area contributed by atoms with Gasteiger partial charge in [0, 0.05) is 49.7 Å². The number of ether oxygens (including phenoxy) is 1. The molecule has 1 saturated heterocycles. The van der Waals surface area contributed by atoms with Crippen LogP contribution in [0.1, 0.15) is 33.3 Å². The van der Waals surface area contributed by atoms with Crippen LogP contribution in [0.25, 0.3) is 11.1 Å². The molecule has 1 fully saturated rings. The third kappa shape index (κ3) is 7.56. The lowest BCUT2D eigenvalue weighted by Gasteiger charge is -2.36. The van der Waals surface area contributed by atoms with Crippen LogP contribution in [0.2, 0.25) is 18.1 Å². The lowest BCUT2D eigenvalue weighted by Crippen LogP contribution is -2.48. The number of benzene rings is 1. The van der Waals surface area contributed by atoms with Crippen molar-refractivity contribution >= 4 is 25.9 Å². The maximum absolute atomic E-state index is 15.3. The zero-order chi connectivity index (χ0) is 27.2. The summed E-state index contributed by atoms with van der Waals surface area (Å²) in [4.78, 5) is 27.2. The molecule has 1 aliphatic rings. The fourth-order valence-corrected chi connectivity index (χ4v) is 4.23. The third-order valence-electron chi connectivity index (χ3n) is 6.82. The lowest BCUT2D eigenvalue weighted by atomic mass is 10.1. The maximum atomic E-state index is 15.3. The number of hydrogen-bond donors (Lipinski definition) is 1. The van der Waals surface area contributed by atoms with Gasteiger partial charge in [-0.3, -0.25) is 4.79 Å². The number of aromatic nitrogens is 2. The van der Waals surface area contributed by atoms with Crippen molar-refractivity contribution in [3.05, 3.63) is 42.0 Å². The van der Waals surface area contributed by atoms with Gasteiger partial charge in [0.15, 0.2) is 8.32 Å². The Balaban J connectivity index is 1.56. The Morgan fingerprint density at radius 2 is 1.92 bits per heavy atom. The minimum Gasteiger partial charge on any atom is -0.412 e. The average Bonchev–Trinajstić information content (AvgIpc) is 2.81. The van der Waals surface area contributed by atoms with Gasteiger partial charge in [-0.25, -0.2) is 14.4 Å². The predicted octanol–water partition coefficient (Wildman–Crippen LogP) is 4.15. The molecule has 0 saturated carbocycles. The van der Waals surface area contributed by atoms with Crippen molar-refractivity contribution in [2.75, 3.05) is 38.3 Å². The molecule has 1 amide bonds. The second-order valence-corrected chi connectivity index (χ2v) is 15.5. The number of nitrogens with zero attached hydrogens (tertiary/aromatic N) is 4. The third-order valence-corrected chi connectivity index (χ3v) is 11.3. The Morgan fingerprint density at radius 1 is 1.24 bits per heavy atom. The molecule has 1 aliphatic heterocycles. The van der Waals surface area contributed by atoms with Crippen molar-refractivity contribution < 1.29 is 23.2 Å². The second kappa shape index (κ2) is 12.1. The molecule has 202 valence electrons. The van der Waals surface area contributed by atoms with Crippen LogP contribution in [0.5, 0.6) is 0 Å². The highest BCUT2D eigenvalue weighted by molar-refractivity contribution is 6.74. The summed E-state index contributed by atoms with van der Waals surface area (Å²) in [7, 11) is -0.436. The summed E-state index contributed by atoms with van der Waals surface area (Å²) in [5, 5.41) is 6.86. The second-order valence-electron chi connectivity index (χ2n) is 10.7. The Labute approximate surface area is 219 Å². The molecule has 0 spiro atoms. The van der Waals surface area contributed by atoms with Crippen molar-refractivity contribution in [3.63, 3.8) is 0 Å². The van der Waals surface area contributed by atoms with Gasteiger partial charge in [0.2, 0.25) is 11.9 Å². The van der Waals surface area contributed by atoms with E-state index in [1.807, 2.05) is 11.0 Å². The zero-order valence-electron chi connectivity index (χ0n) is 22.8.